The third-order valence-electron chi connectivity index (χ3n) is 3.28. The zero-order valence-electron chi connectivity index (χ0n) is 7.48. The molecule has 2 unspecified atom stereocenters. The van der Waals surface area contributed by atoms with Crippen LogP contribution >= 0.6 is 0 Å². The van der Waals surface area contributed by atoms with Crippen molar-refractivity contribution in [3.8, 4) is 0 Å². The van der Waals surface area contributed by atoms with Gasteiger partial charge in [0.2, 0.25) is 0 Å². The van der Waals surface area contributed by atoms with Crippen LogP contribution in [0.4, 0.5) is 0 Å². The molecule has 11 heavy (non-hydrogen) atoms. The number of fused-ring (bicyclic) bond motifs is 1. The predicted molar refractivity (Wildman–Crippen MR) is 43.8 cm³/mol. The third kappa shape index (κ3) is 1.29. The molecule has 0 aromatic heterocycles. The van der Waals surface area contributed by atoms with Crippen LogP contribution in [0.25, 0.3) is 0 Å². The van der Waals surface area contributed by atoms with Crippen molar-refractivity contribution in [3.05, 3.63) is 11.6 Å². The Morgan fingerprint density at radius 1 is 1.36 bits per heavy atom. The molecule has 1 heteroatoms. The molecule has 0 bridgehead atoms. The molecule has 64 valence electrons. The van der Waals surface area contributed by atoms with Gasteiger partial charge in [-0.15, -0.1) is 0 Å². The summed E-state index contributed by atoms with van der Waals surface area (Å²) in [4.78, 5) is 0. The maximum atomic E-state index is 2.49. The molecule has 2 rings (SSSR count). The monoisotopic (exact) mass is 195 g/mol. The van der Waals surface area contributed by atoms with E-state index >= 15 is 0 Å². The number of rotatable bonds is 0. The largest absolute Gasteiger partial charge is 1.00 e. The molecule has 0 amide bonds. The van der Waals surface area contributed by atoms with Crippen molar-refractivity contribution in [2.45, 2.75) is 33.6 Å². The second-order valence-corrected chi connectivity index (χ2v) is 4.45. The minimum Gasteiger partial charge on any atom is -0.0816 e. The average Bonchev–Trinajstić information content (AvgIpc) is 2.36. The van der Waals surface area contributed by atoms with E-state index in [4.69, 9.17) is 0 Å². The molecule has 0 spiro atoms. The van der Waals surface area contributed by atoms with Gasteiger partial charge >= 0.3 is 16.8 Å². The minimum absolute atomic E-state index is 0. The van der Waals surface area contributed by atoms with Gasteiger partial charge in [0.1, 0.15) is 0 Å². The summed E-state index contributed by atoms with van der Waals surface area (Å²) in [6.45, 7) is 7.08. The van der Waals surface area contributed by atoms with Crippen LogP contribution in [0, 0.1) is 17.3 Å². The average molecular weight is 195 g/mol. The van der Waals surface area contributed by atoms with E-state index in [9.17, 15) is 0 Å². The van der Waals surface area contributed by atoms with E-state index in [1.807, 2.05) is 0 Å². The van der Waals surface area contributed by atoms with E-state index in [2.05, 4.69) is 26.8 Å². The second kappa shape index (κ2) is 2.63. The van der Waals surface area contributed by atoms with Crippen molar-refractivity contribution >= 4 is 0 Å². The Morgan fingerprint density at radius 2 is 2.00 bits per heavy atom. The first-order valence-electron chi connectivity index (χ1n) is 4.34. The molecule has 0 radical (unpaired) electrons. The second-order valence-electron chi connectivity index (χ2n) is 4.45. The summed E-state index contributed by atoms with van der Waals surface area (Å²) >= 11 is 0. The molecule has 0 N–H and O–H groups in total. The molecule has 1 saturated carbocycles. The summed E-state index contributed by atoms with van der Waals surface area (Å²) < 4.78 is 0. The van der Waals surface area contributed by atoms with E-state index in [1.54, 1.807) is 5.57 Å². The summed E-state index contributed by atoms with van der Waals surface area (Å²) in [6.07, 6.45) is 5.35. The first-order chi connectivity index (χ1) is 4.62. The molecule has 0 nitrogen and oxygen atoms in total. The maximum Gasteiger partial charge on any atom is 1.00 e. The quantitative estimate of drug-likeness (QED) is 0.521. The zero-order chi connectivity index (χ0) is 7.35. The van der Waals surface area contributed by atoms with Crippen LogP contribution < -0.4 is 0 Å². The fraction of sp³-hybridized carbons (Fsp3) is 0.800. The van der Waals surface area contributed by atoms with Gasteiger partial charge in [-0.3, -0.25) is 0 Å². The third-order valence-corrected chi connectivity index (χ3v) is 3.28. The van der Waals surface area contributed by atoms with Crippen molar-refractivity contribution in [1.29, 1.82) is 0 Å². The van der Waals surface area contributed by atoms with E-state index in [0.717, 1.165) is 11.8 Å². The molecule has 0 saturated heterocycles. The predicted octanol–water partition coefficient (Wildman–Crippen LogP) is 3.00. The molecule has 0 heterocycles. The van der Waals surface area contributed by atoms with Crippen LogP contribution in [0.5, 0.6) is 0 Å². The first kappa shape index (κ1) is 9.34. The Kier molecular flexibility index (Phi) is 2.23. The minimum atomic E-state index is 0. The Labute approximate surface area is 79.6 Å². The van der Waals surface area contributed by atoms with Gasteiger partial charge in [-0.2, -0.15) is 0 Å². The van der Waals surface area contributed by atoms with Crippen molar-refractivity contribution in [1.82, 2.24) is 0 Å². The van der Waals surface area contributed by atoms with Crippen LogP contribution in [0.2, 0.25) is 0 Å². The first-order valence-corrected chi connectivity index (χ1v) is 4.34. The molecule has 1 fully saturated rings. The maximum absolute atomic E-state index is 2.49. The van der Waals surface area contributed by atoms with Crippen molar-refractivity contribution in [3.63, 3.8) is 0 Å². The van der Waals surface area contributed by atoms with Gasteiger partial charge in [0.15, 0.2) is 0 Å². The van der Waals surface area contributed by atoms with E-state index in [1.165, 1.54) is 12.8 Å². The van der Waals surface area contributed by atoms with Gasteiger partial charge in [-0.25, -0.2) is 0 Å². The number of allylic oxidation sites excluding steroid dienone is 2. The molecular formula is C10H16Co+. The van der Waals surface area contributed by atoms with Crippen LogP contribution in [-0.4, -0.2) is 0 Å². The standard InChI is InChI=1S/C10H16.Co/c1-7-4-5-8-9(6-7)10(8,2)3;/h6-8H,4-5H2,1-3H3;/q;+1. The number of hydrogen-bond acceptors (Lipinski definition) is 0. The topological polar surface area (TPSA) is 0 Å². The molecule has 0 aromatic rings. The van der Waals surface area contributed by atoms with Crippen LogP contribution in [-0.2, 0) is 16.8 Å². The Morgan fingerprint density at radius 3 is 2.45 bits per heavy atom. The summed E-state index contributed by atoms with van der Waals surface area (Å²) in [6, 6.07) is 0. The molecule has 2 aliphatic rings. The SMILES string of the molecule is CC1C=C2C(CC1)C2(C)C.[Co+]. The van der Waals surface area contributed by atoms with Gasteiger partial charge in [0.25, 0.3) is 0 Å². The summed E-state index contributed by atoms with van der Waals surface area (Å²) in [5.41, 5.74) is 2.33. The summed E-state index contributed by atoms with van der Waals surface area (Å²) in [5, 5.41) is 0. The zero-order valence-corrected chi connectivity index (χ0v) is 8.52. The van der Waals surface area contributed by atoms with E-state index < -0.39 is 0 Å². The summed E-state index contributed by atoms with van der Waals surface area (Å²) in [5.74, 6) is 1.82. The Bertz CT molecular complexity index is 191. The van der Waals surface area contributed by atoms with Crippen LogP contribution in [0.15, 0.2) is 11.6 Å². The Hall–Kier alpha value is 0.246. The van der Waals surface area contributed by atoms with Crippen LogP contribution in [0.1, 0.15) is 33.6 Å². The molecular weight excluding hydrogens is 179 g/mol. The Balaban J connectivity index is 0.000000605. The van der Waals surface area contributed by atoms with Crippen molar-refractivity contribution in [2.75, 3.05) is 0 Å². The smallest absolute Gasteiger partial charge is 0.0816 e. The molecule has 2 aliphatic carbocycles. The fourth-order valence-electron chi connectivity index (χ4n) is 2.34. The normalized spacial score (nSPS) is 38.3. The van der Waals surface area contributed by atoms with Gasteiger partial charge in [0.05, 0.1) is 0 Å². The van der Waals surface area contributed by atoms with E-state index in [0.29, 0.717) is 5.41 Å². The van der Waals surface area contributed by atoms with Gasteiger partial charge in [-0.1, -0.05) is 32.4 Å². The van der Waals surface area contributed by atoms with Crippen molar-refractivity contribution < 1.29 is 16.8 Å². The molecule has 2 atom stereocenters. The molecule has 0 aromatic carbocycles. The van der Waals surface area contributed by atoms with Crippen molar-refractivity contribution in [2.24, 2.45) is 17.3 Å². The van der Waals surface area contributed by atoms with E-state index in [-0.39, 0.29) is 16.8 Å². The van der Waals surface area contributed by atoms with Gasteiger partial charge in [-0.05, 0) is 30.1 Å². The number of hydrogen-bond donors (Lipinski definition) is 0. The van der Waals surface area contributed by atoms with Gasteiger partial charge in [0, 0.05) is 0 Å². The van der Waals surface area contributed by atoms with Gasteiger partial charge < -0.3 is 0 Å². The summed E-state index contributed by atoms with van der Waals surface area (Å²) in [7, 11) is 0. The fourth-order valence-corrected chi connectivity index (χ4v) is 2.34. The molecule has 0 aliphatic heterocycles. The van der Waals surface area contributed by atoms with Crippen LogP contribution in [0.3, 0.4) is 0 Å².